The maximum Gasteiger partial charge on any atom is 0.407 e. The largest absolute Gasteiger partial charge is 0.445 e. The van der Waals surface area contributed by atoms with Crippen LogP contribution in [-0.4, -0.2) is 24.7 Å². The third kappa shape index (κ3) is 7.77. The fourth-order valence-electron chi connectivity index (χ4n) is 3.75. The van der Waals surface area contributed by atoms with Crippen LogP contribution in [0.3, 0.4) is 0 Å². The molecule has 0 spiro atoms. The summed E-state index contributed by atoms with van der Waals surface area (Å²) < 4.78 is 5.25. The van der Waals surface area contributed by atoms with Crippen molar-refractivity contribution in [3.8, 4) is 0 Å². The topological polar surface area (TPSA) is 50.4 Å². The molecule has 0 radical (unpaired) electrons. The first-order chi connectivity index (χ1) is 12.8. The van der Waals surface area contributed by atoms with Gasteiger partial charge >= 0.3 is 6.09 Å². The van der Waals surface area contributed by atoms with Crippen molar-refractivity contribution in [1.82, 2.24) is 10.6 Å². The number of benzene rings is 1. The third-order valence-corrected chi connectivity index (χ3v) is 4.90. The SMILES string of the molecule is CC.CC.O=C(NC[C@@H]1C[C@@H]2CCCCC[C@H]2N1)OCc1ccccc1. The first-order valence-corrected chi connectivity index (χ1v) is 10.5. The zero-order valence-corrected chi connectivity index (χ0v) is 17.1. The van der Waals surface area contributed by atoms with Crippen LogP contribution in [0.4, 0.5) is 4.79 Å². The number of hydrogen-bond donors (Lipinski definition) is 2. The van der Waals surface area contributed by atoms with E-state index in [0.29, 0.717) is 25.2 Å². The van der Waals surface area contributed by atoms with E-state index in [1.54, 1.807) is 0 Å². The fourth-order valence-corrected chi connectivity index (χ4v) is 3.75. The van der Waals surface area contributed by atoms with Crippen LogP contribution in [-0.2, 0) is 11.3 Å². The smallest absolute Gasteiger partial charge is 0.407 e. The Morgan fingerprint density at radius 3 is 2.50 bits per heavy atom. The molecule has 0 bridgehead atoms. The van der Waals surface area contributed by atoms with E-state index in [1.165, 1.54) is 38.5 Å². The van der Waals surface area contributed by atoms with E-state index in [0.717, 1.165) is 11.5 Å². The van der Waals surface area contributed by atoms with Gasteiger partial charge in [-0.3, -0.25) is 0 Å². The lowest BCUT2D eigenvalue weighted by atomic mass is 9.94. The van der Waals surface area contributed by atoms with Crippen LogP contribution in [0.5, 0.6) is 0 Å². The molecule has 26 heavy (non-hydrogen) atoms. The van der Waals surface area contributed by atoms with Crippen LogP contribution in [0.1, 0.15) is 71.8 Å². The molecule has 0 unspecified atom stereocenters. The highest BCUT2D eigenvalue weighted by molar-refractivity contribution is 5.67. The molecule has 1 aliphatic carbocycles. The molecule has 0 aromatic heterocycles. The Bertz CT molecular complexity index is 464. The average Bonchev–Trinajstić information content (AvgIpc) is 2.97. The Labute approximate surface area is 160 Å². The number of amides is 1. The lowest BCUT2D eigenvalue weighted by Gasteiger charge is -2.15. The molecule has 2 N–H and O–H groups in total. The van der Waals surface area contributed by atoms with Gasteiger partial charge in [0, 0.05) is 18.6 Å². The number of hydrogen-bond acceptors (Lipinski definition) is 3. The molecule has 1 aromatic rings. The van der Waals surface area contributed by atoms with Gasteiger partial charge in [0.25, 0.3) is 0 Å². The van der Waals surface area contributed by atoms with Gasteiger partial charge in [-0.05, 0) is 30.7 Å². The number of nitrogens with one attached hydrogen (secondary N) is 2. The van der Waals surface area contributed by atoms with E-state index in [2.05, 4.69) is 10.6 Å². The van der Waals surface area contributed by atoms with Crippen LogP contribution in [0.2, 0.25) is 0 Å². The number of ether oxygens (including phenoxy) is 1. The molecule has 4 nitrogen and oxygen atoms in total. The summed E-state index contributed by atoms with van der Waals surface area (Å²) in [4.78, 5) is 11.8. The minimum Gasteiger partial charge on any atom is -0.445 e. The normalized spacial score (nSPS) is 23.9. The van der Waals surface area contributed by atoms with Gasteiger partial charge in [-0.2, -0.15) is 0 Å². The summed E-state index contributed by atoms with van der Waals surface area (Å²) in [5.41, 5.74) is 1.01. The Kier molecular flexibility index (Phi) is 11.8. The molecule has 1 aliphatic heterocycles. The van der Waals surface area contributed by atoms with Gasteiger partial charge in [-0.25, -0.2) is 4.79 Å². The zero-order valence-electron chi connectivity index (χ0n) is 17.1. The molecule has 1 saturated carbocycles. The highest BCUT2D eigenvalue weighted by Crippen LogP contribution is 2.31. The molecule has 1 saturated heterocycles. The van der Waals surface area contributed by atoms with Gasteiger partial charge in [0.1, 0.15) is 6.61 Å². The minimum atomic E-state index is -0.322. The summed E-state index contributed by atoms with van der Waals surface area (Å²) in [5.74, 6) is 0.801. The second-order valence-electron chi connectivity index (χ2n) is 6.55. The Morgan fingerprint density at radius 1 is 1.08 bits per heavy atom. The van der Waals surface area contributed by atoms with Crippen LogP contribution >= 0.6 is 0 Å². The van der Waals surface area contributed by atoms with Gasteiger partial charge in [-0.1, -0.05) is 77.3 Å². The summed E-state index contributed by atoms with van der Waals surface area (Å²) in [6.45, 7) is 9.00. The lowest BCUT2D eigenvalue weighted by molar-refractivity contribution is 0.138. The van der Waals surface area contributed by atoms with Crippen LogP contribution < -0.4 is 10.6 Å². The summed E-state index contributed by atoms with van der Waals surface area (Å²) >= 11 is 0. The summed E-state index contributed by atoms with van der Waals surface area (Å²) in [5, 5.41) is 6.59. The van der Waals surface area contributed by atoms with Gasteiger partial charge < -0.3 is 15.4 Å². The van der Waals surface area contributed by atoms with E-state index in [-0.39, 0.29) is 6.09 Å². The number of carbonyl (C=O) groups excluding carboxylic acids is 1. The Hall–Kier alpha value is -1.55. The standard InChI is InChI=1S/C18H26N2O2.2C2H6/c21-18(22-13-14-7-3-1-4-8-14)19-12-16-11-15-9-5-2-6-10-17(15)20-16;2*1-2/h1,3-4,7-8,15-17,20H,2,5-6,9-13H2,(H,19,21);2*1-2H3/t15-,16-,17+;;/m0../s1. The number of alkyl carbamates (subject to hydrolysis) is 1. The maximum absolute atomic E-state index is 11.8. The van der Waals surface area contributed by atoms with Gasteiger partial charge in [-0.15, -0.1) is 0 Å². The molecule has 1 heterocycles. The lowest BCUT2D eigenvalue weighted by Crippen LogP contribution is -2.40. The van der Waals surface area contributed by atoms with E-state index in [1.807, 2.05) is 58.0 Å². The van der Waals surface area contributed by atoms with Gasteiger partial charge in [0.15, 0.2) is 0 Å². The molecule has 2 fully saturated rings. The van der Waals surface area contributed by atoms with E-state index >= 15 is 0 Å². The highest BCUT2D eigenvalue weighted by Gasteiger charge is 2.33. The van der Waals surface area contributed by atoms with Crippen molar-refractivity contribution in [1.29, 1.82) is 0 Å². The summed E-state index contributed by atoms with van der Waals surface area (Å²) in [6.07, 6.45) is 7.58. The van der Waals surface area contributed by atoms with Crippen LogP contribution in [0.15, 0.2) is 30.3 Å². The average molecular weight is 363 g/mol. The van der Waals surface area contributed by atoms with E-state index < -0.39 is 0 Å². The maximum atomic E-state index is 11.8. The Balaban J connectivity index is 0.000000791. The minimum absolute atomic E-state index is 0.322. The van der Waals surface area contributed by atoms with Gasteiger partial charge in [0.2, 0.25) is 0 Å². The van der Waals surface area contributed by atoms with Gasteiger partial charge in [0.05, 0.1) is 0 Å². The fraction of sp³-hybridized carbons (Fsp3) is 0.682. The monoisotopic (exact) mass is 362 g/mol. The molecule has 1 amide bonds. The third-order valence-electron chi connectivity index (χ3n) is 4.90. The molecular weight excluding hydrogens is 324 g/mol. The molecule has 3 rings (SSSR count). The highest BCUT2D eigenvalue weighted by atomic mass is 16.5. The first-order valence-electron chi connectivity index (χ1n) is 10.5. The number of fused-ring (bicyclic) bond motifs is 1. The van der Waals surface area contributed by atoms with E-state index in [4.69, 9.17) is 4.74 Å². The molecular formula is C22H38N2O2. The second kappa shape index (κ2) is 13.6. The summed E-state index contributed by atoms with van der Waals surface area (Å²) in [7, 11) is 0. The predicted molar refractivity (Wildman–Crippen MR) is 109 cm³/mol. The zero-order chi connectivity index (χ0) is 19.2. The molecule has 4 heteroatoms. The number of carbonyl (C=O) groups is 1. The van der Waals surface area contributed by atoms with Crippen molar-refractivity contribution < 1.29 is 9.53 Å². The van der Waals surface area contributed by atoms with Crippen molar-refractivity contribution in [2.45, 2.75) is 84.9 Å². The first kappa shape index (κ1) is 22.5. The van der Waals surface area contributed by atoms with Crippen molar-refractivity contribution in [3.05, 3.63) is 35.9 Å². The molecule has 3 atom stereocenters. The number of rotatable bonds is 4. The van der Waals surface area contributed by atoms with Crippen molar-refractivity contribution in [2.24, 2.45) is 5.92 Å². The summed E-state index contributed by atoms with van der Waals surface area (Å²) in [6, 6.07) is 10.8. The molecule has 2 aliphatic rings. The second-order valence-corrected chi connectivity index (χ2v) is 6.55. The van der Waals surface area contributed by atoms with Crippen LogP contribution in [0, 0.1) is 5.92 Å². The van der Waals surface area contributed by atoms with E-state index in [9.17, 15) is 4.79 Å². The van der Waals surface area contributed by atoms with Crippen LogP contribution in [0.25, 0.3) is 0 Å². The molecule has 148 valence electrons. The van der Waals surface area contributed by atoms with Crippen molar-refractivity contribution in [2.75, 3.05) is 6.54 Å². The predicted octanol–water partition coefficient (Wildman–Crippen LogP) is 5.28. The van der Waals surface area contributed by atoms with Crippen molar-refractivity contribution in [3.63, 3.8) is 0 Å². The quantitative estimate of drug-likeness (QED) is 0.766. The Morgan fingerprint density at radius 2 is 1.77 bits per heavy atom. The molecule has 1 aromatic carbocycles. The van der Waals surface area contributed by atoms with Crippen molar-refractivity contribution >= 4 is 6.09 Å².